The van der Waals surface area contributed by atoms with Gasteiger partial charge in [-0.05, 0) is 61.6 Å². The van der Waals surface area contributed by atoms with Crippen LogP contribution in [0.4, 0.5) is 10.5 Å². The summed E-state index contributed by atoms with van der Waals surface area (Å²) in [6.45, 7) is 7.70. The number of piperazine rings is 1. The average Bonchev–Trinajstić information content (AvgIpc) is 2.85. The van der Waals surface area contributed by atoms with Crippen molar-refractivity contribution in [1.82, 2.24) is 14.7 Å². The first-order valence-corrected chi connectivity index (χ1v) is 11.7. The van der Waals surface area contributed by atoms with Gasteiger partial charge in [-0.2, -0.15) is 0 Å². The number of aryl methyl sites for hydroxylation is 1. The van der Waals surface area contributed by atoms with Crippen LogP contribution in [0, 0.1) is 12.8 Å². The molecule has 33 heavy (non-hydrogen) atoms. The summed E-state index contributed by atoms with van der Waals surface area (Å²) in [6.07, 6.45) is 2.09. The molecule has 0 aliphatic carbocycles. The number of hydrogen-bond acceptors (Lipinski definition) is 3. The minimum absolute atomic E-state index is 0.00470. The Balaban J connectivity index is 1.31. The van der Waals surface area contributed by atoms with Crippen molar-refractivity contribution in [2.75, 3.05) is 44.6 Å². The first-order valence-electron chi connectivity index (χ1n) is 11.7. The Labute approximate surface area is 195 Å². The quantitative estimate of drug-likeness (QED) is 0.775. The van der Waals surface area contributed by atoms with Gasteiger partial charge in [0.25, 0.3) is 11.8 Å². The number of nitrogens with one attached hydrogen (secondary N) is 1. The van der Waals surface area contributed by atoms with Crippen molar-refractivity contribution in [3.05, 3.63) is 65.2 Å². The number of piperidine rings is 1. The zero-order valence-electron chi connectivity index (χ0n) is 19.4. The maximum atomic E-state index is 12.8. The van der Waals surface area contributed by atoms with E-state index >= 15 is 0 Å². The number of benzene rings is 2. The van der Waals surface area contributed by atoms with Crippen LogP contribution in [-0.4, -0.2) is 71.8 Å². The number of carbonyl (C=O) groups is 3. The summed E-state index contributed by atoms with van der Waals surface area (Å²) in [5.41, 5.74) is 2.89. The molecule has 4 amide bonds. The van der Waals surface area contributed by atoms with Crippen LogP contribution in [-0.2, 0) is 0 Å². The number of anilines is 1. The lowest BCUT2D eigenvalue weighted by molar-refractivity contribution is 0.0670. The second kappa shape index (κ2) is 10.1. The second-order valence-corrected chi connectivity index (χ2v) is 9.08. The Bertz CT molecular complexity index is 1010. The van der Waals surface area contributed by atoms with E-state index in [9.17, 15) is 14.4 Å². The van der Waals surface area contributed by atoms with Crippen molar-refractivity contribution < 1.29 is 14.4 Å². The molecule has 0 aromatic heterocycles. The Morgan fingerprint density at radius 3 is 1.97 bits per heavy atom. The predicted molar refractivity (Wildman–Crippen MR) is 128 cm³/mol. The Morgan fingerprint density at radius 2 is 1.33 bits per heavy atom. The fraction of sp³-hybridized carbons (Fsp3) is 0.423. The predicted octanol–water partition coefficient (Wildman–Crippen LogP) is 3.86. The largest absolute Gasteiger partial charge is 0.339 e. The van der Waals surface area contributed by atoms with Crippen LogP contribution < -0.4 is 5.32 Å². The van der Waals surface area contributed by atoms with Crippen molar-refractivity contribution in [2.45, 2.75) is 26.7 Å². The first-order chi connectivity index (χ1) is 15.9. The molecule has 0 unspecified atom stereocenters. The molecule has 0 bridgehead atoms. The maximum Gasteiger partial charge on any atom is 0.321 e. The van der Waals surface area contributed by atoms with Crippen LogP contribution in [0.25, 0.3) is 0 Å². The average molecular weight is 449 g/mol. The van der Waals surface area contributed by atoms with Gasteiger partial charge in [0.15, 0.2) is 0 Å². The minimum atomic E-state index is -0.186. The van der Waals surface area contributed by atoms with Gasteiger partial charge in [-0.25, -0.2) is 4.79 Å². The zero-order chi connectivity index (χ0) is 23.4. The van der Waals surface area contributed by atoms with Crippen molar-refractivity contribution in [2.24, 2.45) is 5.92 Å². The van der Waals surface area contributed by atoms with E-state index < -0.39 is 0 Å². The number of carbonyl (C=O) groups excluding carboxylic acids is 3. The van der Waals surface area contributed by atoms with Gasteiger partial charge in [-0.3, -0.25) is 9.59 Å². The van der Waals surface area contributed by atoms with Crippen molar-refractivity contribution in [3.63, 3.8) is 0 Å². The fourth-order valence-electron chi connectivity index (χ4n) is 4.40. The molecule has 0 atom stereocenters. The standard InChI is InChI=1S/C26H32N4O3/c1-19-10-12-28(13-11-19)25(32)22-8-9-23(20(2)18-22)27-26(33)30-16-14-29(15-17-30)24(31)21-6-4-3-5-7-21/h3-9,18-19H,10-17H2,1-2H3,(H,27,33). The molecule has 2 saturated heterocycles. The van der Waals surface area contributed by atoms with Gasteiger partial charge < -0.3 is 20.0 Å². The van der Waals surface area contributed by atoms with Gasteiger partial charge in [0.05, 0.1) is 0 Å². The smallest absolute Gasteiger partial charge is 0.321 e. The van der Waals surface area contributed by atoms with Gasteiger partial charge >= 0.3 is 6.03 Å². The third-order valence-electron chi connectivity index (χ3n) is 6.66. The third-order valence-corrected chi connectivity index (χ3v) is 6.66. The molecule has 2 aliphatic heterocycles. The highest BCUT2D eigenvalue weighted by Gasteiger charge is 2.26. The molecule has 2 aromatic rings. The van der Waals surface area contributed by atoms with E-state index in [0.717, 1.165) is 31.5 Å². The van der Waals surface area contributed by atoms with E-state index in [1.807, 2.05) is 54.3 Å². The number of urea groups is 1. The van der Waals surface area contributed by atoms with Gasteiger partial charge in [0.1, 0.15) is 0 Å². The van der Waals surface area contributed by atoms with Gasteiger partial charge in [0, 0.05) is 56.1 Å². The summed E-state index contributed by atoms with van der Waals surface area (Å²) in [4.78, 5) is 43.7. The highest BCUT2D eigenvalue weighted by molar-refractivity contribution is 5.97. The third kappa shape index (κ3) is 5.35. The monoisotopic (exact) mass is 448 g/mol. The molecule has 7 nitrogen and oxygen atoms in total. The molecular formula is C26H32N4O3. The number of likely N-dealkylation sites (tertiary alicyclic amines) is 1. The molecule has 7 heteroatoms. The van der Waals surface area contributed by atoms with Gasteiger partial charge in [-0.1, -0.05) is 25.1 Å². The topological polar surface area (TPSA) is 73.0 Å². The molecular weight excluding hydrogens is 416 g/mol. The van der Waals surface area contributed by atoms with Crippen LogP contribution in [0.5, 0.6) is 0 Å². The Hall–Kier alpha value is -3.35. The van der Waals surface area contributed by atoms with Gasteiger partial charge in [-0.15, -0.1) is 0 Å². The molecule has 1 N–H and O–H groups in total. The van der Waals surface area contributed by atoms with Crippen LogP contribution in [0.1, 0.15) is 46.0 Å². The van der Waals surface area contributed by atoms with E-state index in [1.54, 1.807) is 15.9 Å². The van der Waals surface area contributed by atoms with E-state index in [0.29, 0.717) is 48.9 Å². The molecule has 2 aliphatic rings. The minimum Gasteiger partial charge on any atom is -0.339 e. The fourth-order valence-corrected chi connectivity index (χ4v) is 4.40. The second-order valence-electron chi connectivity index (χ2n) is 9.08. The number of rotatable bonds is 3. The lowest BCUT2D eigenvalue weighted by atomic mass is 9.98. The lowest BCUT2D eigenvalue weighted by Crippen LogP contribution is -2.51. The molecule has 2 heterocycles. The maximum absolute atomic E-state index is 12.8. The summed E-state index contributed by atoms with van der Waals surface area (Å²) in [6, 6.07) is 14.5. The van der Waals surface area contributed by atoms with E-state index in [1.165, 1.54) is 0 Å². The summed E-state index contributed by atoms with van der Waals surface area (Å²) < 4.78 is 0. The van der Waals surface area contributed by atoms with Crippen LogP contribution in [0.15, 0.2) is 48.5 Å². The van der Waals surface area contributed by atoms with Crippen LogP contribution >= 0.6 is 0 Å². The number of hydrogen-bond donors (Lipinski definition) is 1. The van der Waals surface area contributed by atoms with Crippen molar-refractivity contribution >= 4 is 23.5 Å². The van der Waals surface area contributed by atoms with Crippen LogP contribution in [0.3, 0.4) is 0 Å². The van der Waals surface area contributed by atoms with E-state index in [-0.39, 0.29) is 17.8 Å². The van der Waals surface area contributed by atoms with E-state index in [2.05, 4.69) is 12.2 Å². The Kier molecular flexibility index (Phi) is 6.96. The van der Waals surface area contributed by atoms with Crippen molar-refractivity contribution in [3.8, 4) is 0 Å². The molecule has 2 aromatic carbocycles. The Morgan fingerprint density at radius 1 is 0.758 bits per heavy atom. The molecule has 2 fully saturated rings. The highest BCUT2D eigenvalue weighted by atomic mass is 16.2. The van der Waals surface area contributed by atoms with E-state index in [4.69, 9.17) is 0 Å². The van der Waals surface area contributed by atoms with Crippen LogP contribution in [0.2, 0.25) is 0 Å². The normalized spacial score (nSPS) is 17.1. The SMILES string of the molecule is Cc1cc(C(=O)N2CCC(C)CC2)ccc1NC(=O)N1CCN(C(=O)c2ccccc2)CC1. The van der Waals surface area contributed by atoms with Gasteiger partial charge in [0.2, 0.25) is 0 Å². The summed E-state index contributed by atoms with van der Waals surface area (Å²) in [5.74, 6) is 0.726. The zero-order valence-corrected chi connectivity index (χ0v) is 19.4. The van der Waals surface area contributed by atoms with Crippen molar-refractivity contribution in [1.29, 1.82) is 0 Å². The molecule has 0 saturated carbocycles. The summed E-state index contributed by atoms with van der Waals surface area (Å²) in [5, 5.41) is 2.97. The number of amides is 4. The lowest BCUT2D eigenvalue weighted by Gasteiger charge is -2.35. The summed E-state index contributed by atoms with van der Waals surface area (Å²) in [7, 11) is 0. The summed E-state index contributed by atoms with van der Waals surface area (Å²) >= 11 is 0. The molecule has 0 spiro atoms. The molecule has 4 rings (SSSR count). The molecule has 174 valence electrons. The first kappa shape index (κ1) is 22.8. The molecule has 0 radical (unpaired) electrons. The number of nitrogens with zero attached hydrogens (tertiary/aromatic N) is 3. The highest BCUT2D eigenvalue weighted by Crippen LogP contribution is 2.22.